The minimum Gasteiger partial charge on any atom is -0.317 e. The molecule has 1 fully saturated rings. The standard InChI is InChI=1S/C12H16BrClN2O2S.ClH/c1-15-9-5-7-16(8-6-9)19(17,18)11-4-2-3-10(14)12(11)13;/h2-4,9,15H,5-8H2,1H3;1H. The van der Waals surface area contributed by atoms with Crippen LogP contribution in [0.4, 0.5) is 0 Å². The van der Waals surface area contributed by atoms with Crippen LogP contribution >= 0.6 is 39.9 Å². The second-order valence-electron chi connectivity index (χ2n) is 4.52. The molecule has 1 aliphatic heterocycles. The van der Waals surface area contributed by atoms with Crippen molar-refractivity contribution in [1.82, 2.24) is 9.62 Å². The Morgan fingerprint density at radius 1 is 1.35 bits per heavy atom. The van der Waals surface area contributed by atoms with E-state index in [1.165, 1.54) is 4.31 Å². The van der Waals surface area contributed by atoms with Gasteiger partial charge < -0.3 is 5.32 Å². The Balaban J connectivity index is 0.00000200. The van der Waals surface area contributed by atoms with E-state index in [1.807, 2.05) is 7.05 Å². The van der Waals surface area contributed by atoms with E-state index in [0.717, 1.165) is 12.8 Å². The second kappa shape index (κ2) is 7.42. The summed E-state index contributed by atoms with van der Waals surface area (Å²) >= 11 is 9.22. The van der Waals surface area contributed by atoms with E-state index in [4.69, 9.17) is 11.6 Å². The lowest BCUT2D eigenvalue weighted by atomic mass is 10.1. The third-order valence-corrected chi connectivity index (χ3v) is 7.00. The van der Waals surface area contributed by atoms with E-state index >= 15 is 0 Å². The maximum absolute atomic E-state index is 12.6. The number of nitrogens with one attached hydrogen (secondary N) is 1. The SMILES string of the molecule is CNC1CCN(S(=O)(=O)c2cccc(Cl)c2Br)CC1.Cl. The highest BCUT2D eigenvalue weighted by molar-refractivity contribution is 9.10. The topological polar surface area (TPSA) is 49.4 Å². The molecule has 0 spiro atoms. The van der Waals surface area contributed by atoms with Crippen LogP contribution in [-0.2, 0) is 10.0 Å². The number of halogens is 3. The predicted octanol–water partition coefficient (Wildman–Crippen LogP) is 2.90. The van der Waals surface area contributed by atoms with Gasteiger partial charge in [0.1, 0.15) is 0 Å². The molecule has 0 bridgehead atoms. The Kier molecular flexibility index (Phi) is 6.76. The first-order chi connectivity index (χ1) is 8.96. The summed E-state index contributed by atoms with van der Waals surface area (Å²) in [5.74, 6) is 0. The molecule has 0 amide bonds. The van der Waals surface area contributed by atoms with E-state index in [1.54, 1.807) is 18.2 Å². The molecule has 1 saturated heterocycles. The molecule has 0 saturated carbocycles. The average Bonchev–Trinajstić information content (AvgIpc) is 2.41. The predicted molar refractivity (Wildman–Crippen MR) is 87.2 cm³/mol. The second-order valence-corrected chi connectivity index (χ2v) is 7.63. The first-order valence-corrected chi connectivity index (χ1v) is 8.69. The molecule has 0 unspecified atom stereocenters. The Bertz CT molecular complexity index is 561. The smallest absolute Gasteiger partial charge is 0.244 e. The quantitative estimate of drug-likeness (QED) is 0.843. The van der Waals surface area contributed by atoms with Crippen molar-refractivity contribution in [2.45, 2.75) is 23.8 Å². The highest BCUT2D eigenvalue weighted by atomic mass is 79.9. The van der Waals surface area contributed by atoms with Crippen LogP contribution in [0.25, 0.3) is 0 Å². The van der Waals surface area contributed by atoms with Crippen molar-refractivity contribution in [2.75, 3.05) is 20.1 Å². The van der Waals surface area contributed by atoms with Gasteiger partial charge >= 0.3 is 0 Å². The van der Waals surface area contributed by atoms with Crippen molar-refractivity contribution in [1.29, 1.82) is 0 Å². The molecule has 0 aromatic heterocycles. The lowest BCUT2D eigenvalue weighted by Crippen LogP contribution is -2.43. The molecule has 0 aliphatic carbocycles. The number of nitrogens with zero attached hydrogens (tertiary/aromatic N) is 1. The van der Waals surface area contributed by atoms with Gasteiger partial charge in [0.15, 0.2) is 0 Å². The number of piperidine rings is 1. The molecule has 1 aromatic carbocycles. The van der Waals surface area contributed by atoms with Crippen LogP contribution in [0.15, 0.2) is 27.6 Å². The van der Waals surface area contributed by atoms with Crippen molar-refractivity contribution < 1.29 is 8.42 Å². The fourth-order valence-electron chi connectivity index (χ4n) is 2.21. The van der Waals surface area contributed by atoms with Gasteiger partial charge in [0.05, 0.1) is 14.4 Å². The van der Waals surface area contributed by atoms with Crippen molar-refractivity contribution in [3.05, 3.63) is 27.7 Å². The van der Waals surface area contributed by atoms with Gasteiger partial charge in [-0.3, -0.25) is 0 Å². The lowest BCUT2D eigenvalue weighted by Gasteiger charge is -2.31. The molecule has 1 aromatic rings. The Labute approximate surface area is 139 Å². The third kappa shape index (κ3) is 3.67. The molecule has 1 heterocycles. The Morgan fingerprint density at radius 2 is 1.95 bits per heavy atom. The minimum atomic E-state index is -3.47. The van der Waals surface area contributed by atoms with Crippen LogP contribution < -0.4 is 5.32 Å². The van der Waals surface area contributed by atoms with Crippen LogP contribution in [0, 0.1) is 0 Å². The Morgan fingerprint density at radius 3 is 2.50 bits per heavy atom. The van der Waals surface area contributed by atoms with Gasteiger partial charge in [-0.15, -0.1) is 12.4 Å². The number of benzene rings is 1. The van der Waals surface area contributed by atoms with Gasteiger partial charge in [-0.2, -0.15) is 4.31 Å². The zero-order chi connectivity index (χ0) is 14.0. The first kappa shape index (κ1) is 18.2. The minimum absolute atomic E-state index is 0. The molecule has 2 rings (SSSR count). The molecule has 20 heavy (non-hydrogen) atoms. The molecule has 1 N–H and O–H groups in total. The summed E-state index contributed by atoms with van der Waals surface area (Å²) in [6.45, 7) is 1.07. The summed E-state index contributed by atoms with van der Waals surface area (Å²) in [7, 11) is -1.57. The lowest BCUT2D eigenvalue weighted by molar-refractivity contribution is 0.298. The summed E-state index contributed by atoms with van der Waals surface area (Å²) in [6, 6.07) is 5.29. The van der Waals surface area contributed by atoms with Gasteiger partial charge in [0.25, 0.3) is 0 Å². The number of hydrogen-bond donors (Lipinski definition) is 1. The number of hydrogen-bond acceptors (Lipinski definition) is 3. The van der Waals surface area contributed by atoms with Crippen LogP contribution in [-0.4, -0.2) is 38.9 Å². The monoisotopic (exact) mass is 402 g/mol. The van der Waals surface area contributed by atoms with Crippen LogP contribution in [0.5, 0.6) is 0 Å². The fourth-order valence-corrected chi connectivity index (χ4v) is 4.87. The summed E-state index contributed by atoms with van der Waals surface area (Å²) in [5, 5.41) is 3.59. The Hall–Kier alpha value is 0.150. The summed E-state index contributed by atoms with van der Waals surface area (Å²) in [6.07, 6.45) is 1.65. The molecule has 1 aliphatic rings. The molecule has 8 heteroatoms. The summed E-state index contributed by atoms with van der Waals surface area (Å²) < 4.78 is 27.1. The zero-order valence-corrected chi connectivity index (χ0v) is 14.9. The molecule has 0 atom stereocenters. The molecule has 0 radical (unpaired) electrons. The van der Waals surface area contributed by atoms with Gasteiger partial charge in [0.2, 0.25) is 10.0 Å². The molecule has 114 valence electrons. The summed E-state index contributed by atoms with van der Waals surface area (Å²) in [5.41, 5.74) is 0. The van der Waals surface area contributed by atoms with Gasteiger partial charge in [0, 0.05) is 19.1 Å². The van der Waals surface area contributed by atoms with Crippen molar-refractivity contribution in [3.8, 4) is 0 Å². The van der Waals surface area contributed by atoms with Crippen LogP contribution in [0.3, 0.4) is 0 Å². The maximum Gasteiger partial charge on any atom is 0.244 e. The largest absolute Gasteiger partial charge is 0.317 e. The van der Waals surface area contributed by atoms with Crippen molar-refractivity contribution >= 4 is 50.0 Å². The number of rotatable bonds is 3. The van der Waals surface area contributed by atoms with Crippen LogP contribution in [0.1, 0.15) is 12.8 Å². The molecular weight excluding hydrogens is 387 g/mol. The van der Waals surface area contributed by atoms with E-state index < -0.39 is 10.0 Å². The maximum atomic E-state index is 12.6. The van der Waals surface area contributed by atoms with Gasteiger partial charge in [-0.05, 0) is 48.0 Å². The van der Waals surface area contributed by atoms with E-state index in [-0.39, 0.29) is 17.3 Å². The fraction of sp³-hybridized carbons (Fsp3) is 0.500. The molecular formula is C12H17BrCl2N2O2S. The van der Waals surface area contributed by atoms with E-state index in [9.17, 15) is 8.42 Å². The van der Waals surface area contributed by atoms with Crippen molar-refractivity contribution in [2.24, 2.45) is 0 Å². The van der Waals surface area contributed by atoms with Gasteiger partial charge in [-0.25, -0.2) is 8.42 Å². The summed E-state index contributed by atoms with van der Waals surface area (Å²) in [4.78, 5) is 0.239. The highest BCUT2D eigenvalue weighted by Gasteiger charge is 2.30. The third-order valence-electron chi connectivity index (χ3n) is 3.40. The normalized spacial score (nSPS) is 17.8. The average molecular weight is 404 g/mol. The van der Waals surface area contributed by atoms with Crippen LogP contribution in [0.2, 0.25) is 5.02 Å². The van der Waals surface area contributed by atoms with E-state index in [0.29, 0.717) is 28.6 Å². The van der Waals surface area contributed by atoms with Gasteiger partial charge in [-0.1, -0.05) is 17.7 Å². The highest BCUT2D eigenvalue weighted by Crippen LogP contribution is 2.32. The van der Waals surface area contributed by atoms with Crippen molar-refractivity contribution in [3.63, 3.8) is 0 Å². The first-order valence-electron chi connectivity index (χ1n) is 6.08. The number of sulfonamides is 1. The molecule has 4 nitrogen and oxygen atoms in total. The zero-order valence-electron chi connectivity index (χ0n) is 11.0. The van der Waals surface area contributed by atoms with E-state index in [2.05, 4.69) is 21.2 Å².